The van der Waals surface area contributed by atoms with Crippen molar-refractivity contribution < 1.29 is 44.4 Å². The average molecular weight is 598 g/mol. The molecule has 40 heavy (non-hydrogen) atoms. The second-order valence-corrected chi connectivity index (χ2v) is 10.2. The summed E-state index contributed by atoms with van der Waals surface area (Å²) in [6.45, 7) is 1.85. The van der Waals surface area contributed by atoms with Gasteiger partial charge in [-0.3, -0.25) is 0 Å². The average Bonchev–Trinajstić information content (AvgIpc) is 3.24. The number of aromatic nitrogens is 1. The molecule has 2 atom stereocenters. The Morgan fingerprint density at radius 3 is 2.10 bits per heavy atom. The Morgan fingerprint density at radius 2 is 1.57 bits per heavy atom. The highest BCUT2D eigenvalue weighted by Gasteiger charge is 2.38. The standard InChI is InChI=1S/C24H19F9N4O2S/c1-2-15-10-18(16-9-12(22(25,26)27)3-4-17(16)34-15)35-21-36-20(37(38)39)19(40-21)7-11-5-13(23(28,29)30)8-14(6-11)24(31,32)33/h3-6,8-9,15,18,34H,2,7,10H2,1H3,(H,35,36)/t15-,18+/m1/s1. The van der Waals surface area contributed by atoms with Gasteiger partial charge in [0.1, 0.15) is 4.88 Å². The number of alkyl halides is 9. The fourth-order valence-electron chi connectivity index (χ4n) is 4.37. The summed E-state index contributed by atoms with van der Waals surface area (Å²) in [5.41, 5.74) is -3.88. The minimum Gasteiger partial charge on any atom is -0.382 e. The van der Waals surface area contributed by atoms with Crippen molar-refractivity contribution in [3.63, 3.8) is 0 Å². The monoisotopic (exact) mass is 598 g/mol. The molecule has 0 saturated carbocycles. The SMILES string of the molecule is CC[C@@H]1C[C@H](Nc2nc([N+](=O)[O-])c(Cc3cc(C(F)(F)F)cc(C(F)(F)F)c3)s2)c2cc(C(F)(F)F)ccc2N1. The molecule has 0 amide bonds. The first-order chi connectivity index (χ1) is 18.5. The minimum atomic E-state index is -5.10. The molecule has 0 aliphatic carbocycles. The van der Waals surface area contributed by atoms with E-state index in [0.29, 0.717) is 35.6 Å². The van der Waals surface area contributed by atoms with Crippen LogP contribution in [0.3, 0.4) is 0 Å². The third-order valence-electron chi connectivity index (χ3n) is 6.29. The lowest BCUT2D eigenvalue weighted by molar-refractivity contribution is -0.389. The molecule has 1 aliphatic rings. The molecule has 216 valence electrons. The second kappa shape index (κ2) is 10.4. The molecular formula is C24H19F9N4O2S. The summed E-state index contributed by atoms with van der Waals surface area (Å²) < 4.78 is 120. The summed E-state index contributed by atoms with van der Waals surface area (Å²) in [5.74, 6) is -0.788. The smallest absolute Gasteiger partial charge is 0.382 e. The Labute approximate surface area is 224 Å². The van der Waals surface area contributed by atoms with E-state index in [1.165, 1.54) is 6.07 Å². The maximum atomic E-state index is 13.3. The quantitative estimate of drug-likeness (QED) is 0.169. The number of benzene rings is 2. The number of hydrogen-bond acceptors (Lipinski definition) is 6. The van der Waals surface area contributed by atoms with E-state index < -0.39 is 64.0 Å². The largest absolute Gasteiger partial charge is 0.416 e. The van der Waals surface area contributed by atoms with Gasteiger partial charge in [-0.25, -0.2) is 0 Å². The molecule has 0 bridgehead atoms. The Balaban J connectivity index is 1.71. The summed E-state index contributed by atoms with van der Waals surface area (Å²) in [4.78, 5) is 14.3. The van der Waals surface area contributed by atoms with E-state index in [-0.39, 0.29) is 34.1 Å². The molecule has 1 aromatic heterocycles. The summed E-state index contributed by atoms with van der Waals surface area (Å²) in [5, 5.41) is 17.5. The molecule has 0 unspecified atom stereocenters. The molecule has 0 fully saturated rings. The third kappa shape index (κ3) is 6.42. The van der Waals surface area contributed by atoms with Crippen LogP contribution >= 0.6 is 11.3 Å². The third-order valence-corrected chi connectivity index (χ3v) is 7.26. The Hall–Kier alpha value is -3.56. The van der Waals surface area contributed by atoms with Gasteiger partial charge in [-0.1, -0.05) is 18.3 Å². The molecule has 0 saturated heterocycles. The number of fused-ring (bicyclic) bond motifs is 1. The van der Waals surface area contributed by atoms with Crippen molar-refractivity contribution in [3.05, 3.63) is 79.2 Å². The van der Waals surface area contributed by atoms with Gasteiger partial charge in [0.05, 0.1) is 22.7 Å². The lowest BCUT2D eigenvalue weighted by atomic mass is 9.90. The molecule has 16 heteroatoms. The minimum absolute atomic E-state index is 0.0501. The zero-order chi connectivity index (χ0) is 29.6. The summed E-state index contributed by atoms with van der Waals surface area (Å²) in [6, 6.07) is 3.09. The van der Waals surface area contributed by atoms with Crippen LogP contribution in [0.5, 0.6) is 0 Å². The topological polar surface area (TPSA) is 80.1 Å². The number of nitro groups is 1. The summed E-state index contributed by atoms with van der Waals surface area (Å²) in [7, 11) is 0. The van der Waals surface area contributed by atoms with Crippen molar-refractivity contribution >= 4 is 28.0 Å². The Bertz CT molecular complexity index is 1380. The van der Waals surface area contributed by atoms with Gasteiger partial charge in [0.25, 0.3) is 5.13 Å². The first-order valence-corrected chi connectivity index (χ1v) is 12.4. The van der Waals surface area contributed by atoms with Gasteiger partial charge in [0.2, 0.25) is 0 Å². The molecule has 3 aromatic rings. The highest BCUT2D eigenvalue weighted by molar-refractivity contribution is 7.16. The van der Waals surface area contributed by atoms with E-state index >= 15 is 0 Å². The molecule has 2 N–H and O–H groups in total. The van der Waals surface area contributed by atoms with Gasteiger partial charge in [0.15, 0.2) is 0 Å². The van der Waals surface area contributed by atoms with Crippen LogP contribution in [-0.2, 0) is 24.9 Å². The number of nitrogens with zero attached hydrogens (tertiary/aromatic N) is 2. The van der Waals surface area contributed by atoms with E-state index in [1.54, 1.807) is 0 Å². The van der Waals surface area contributed by atoms with Crippen LogP contribution in [0.4, 0.5) is 56.2 Å². The van der Waals surface area contributed by atoms with E-state index in [9.17, 15) is 49.6 Å². The zero-order valence-electron chi connectivity index (χ0n) is 20.3. The van der Waals surface area contributed by atoms with E-state index in [1.807, 2.05) is 6.92 Å². The van der Waals surface area contributed by atoms with Crippen LogP contribution in [0.2, 0.25) is 0 Å². The first-order valence-electron chi connectivity index (χ1n) is 11.6. The van der Waals surface area contributed by atoms with Gasteiger partial charge < -0.3 is 20.7 Å². The lowest BCUT2D eigenvalue weighted by Crippen LogP contribution is -2.31. The second-order valence-electron chi connectivity index (χ2n) is 9.10. The Morgan fingerprint density at radius 1 is 0.975 bits per heavy atom. The highest BCUT2D eigenvalue weighted by Crippen LogP contribution is 2.42. The number of rotatable bonds is 6. The molecule has 4 rings (SSSR count). The predicted octanol–water partition coefficient (Wildman–Crippen LogP) is 8.45. The van der Waals surface area contributed by atoms with Gasteiger partial charge >= 0.3 is 24.3 Å². The molecule has 0 spiro atoms. The normalized spacial score (nSPS) is 17.8. The fourth-order valence-corrected chi connectivity index (χ4v) is 5.39. The summed E-state index contributed by atoms with van der Waals surface area (Å²) >= 11 is 0.627. The van der Waals surface area contributed by atoms with Crippen molar-refractivity contribution in [3.8, 4) is 0 Å². The molecule has 0 radical (unpaired) electrons. The number of anilines is 2. The van der Waals surface area contributed by atoms with Crippen molar-refractivity contribution in [1.82, 2.24) is 4.98 Å². The van der Waals surface area contributed by atoms with Crippen LogP contribution in [0.15, 0.2) is 36.4 Å². The maximum Gasteiger partial charge on any atom is 0.416 e. The number of nitrogens with one attached hydrogen (secondary N) is 2. The van der Waals surface area contributed by atoms with E-state index in [2.05, 4.69) is 15.6 Å². The van der Waals surface area contributed by atoms with E-state index in [0.717, 1.165) is 12.1 Å². The Kier molecular flexibility index (Phi) is 7.68. The number of thiazole rings is 1. The van der Waals surface area contributed by atoms with Crippen molar-refractivity contribution in [2.45, 2.75) is 56.8 Å². The number of hydrogen-bond donors (Lipinski definition) is 2. The first kappa shape index (κ1) is 29.4. The molecular weight excluding hydrogens is 579 g/mol. The van der Waals surface area contributed by atoms with Crippen LogP contribution in [-0.4, -0.2) is 15.9 Å². The fraction of sp³-hybridized carbons (Fsp3) is 0.375. The maximum absolute atomic E-state index is 13.3. The zero-order valence-corrected chi connectivity index (χ0v) is 21.1. The molecule has 6 nitrogen and oxygen atoms in total. The molecule has 2 heterocycles. The van der Waals surface area contributed by atoms with Gasteiger partial charge in [-0.05, 0) is 70.3 Å². The van der Waals surface area contributed by atoms with E-state index in [4.69, 9.17) is 0 Å². The van der Waals surface area contributed by atoms with Gasteiger partial charge in [-0.15, -0.1) is 0 Å². The van der Waals surface area contributed by atoms with Crippen LogP contribution < -0.4 is 10.6 Å². The van der Waals surface area contributed by atoms with Crippen molar-refractivity contribution in [1.29, 1.82) is 0 Å². The van der Waals surface area contributed by atoms with Crippen LogP contribution in [0.1, 0.15) is 58.5 Å². The number of halogens is 9. The molecule has 2 aromatic carbocycles. The van der Waals surface area contributed by atoms with Gasteiger partial charge in [0, 0.05) is 18.2 Å². The highest BCUT2D eigenvalue weighted by atomic mass is 32.1. The predicted molar refractivity (Wildman–Crippen MR) is 128 cm³/mol. The van der Waals surface area contributed by atoms with Crippen LogP contribution in [0.25, 0.3) is 0 Å². The lowest BCUT2D eigenvalue weighted by Gasteiger charge is -2.33. The summed E-state index contributed by atoms with van der Waals surface area (Å²) in [6.07, 6.45) is -14.6. The van der Waals surface area contributed by atoms with Crippen molar-refractivity contribution in [2.24, 2.45) is 0 Å². The molecule has 1 aliphatic heterocycles. The van der Waals surface area contributed by atoms with Gasteiger partial charge in [-0.2, -0.15) is 39.5 Å². The van der Waals surface area contributed by atoms with Crippen LogP contribution in [0, 0.1) is 10.1 Å². The van der Waals surface area contributed by atoms with Crippen molar-refractivity contribution in [2.75, 3.05) is 10.6 Å².